The monoisotopic (exact) mass is 296 g/mol. The third-order valence-electron chi connectivity index (χ3n) is 4.03. The first-order chi connectivity index (χ1) is 10.7. The van der Waals surface area contributed by atoms with Crippen LogP contribution in [0.2, 0.25) is 0 Å². The van der Waals surface area contributed by atoms with E-state index in [9.17, 15) is 9.18 Å². The molecule has 1 aromatic carbocycles. The molecule has 4 nitrogen and oxygen atoms in total. The molecule has 0 saturated carbocycles. The number of nitrogens with zero attached hydrogens (tertiary/aromatic N) is 1. The van der Waals surface area contributed by atoms with Gasteiger partial charge in [0.25, 0.3) is 5.91 Å². The number of ether oxygens (including phenoxy) is 1. The quantitative estimate of drug-likeness (QED) is 0.819. The molecule has 1 unspecified atom stereocenters. The molecule has 2 aliphatic rings. The highest BCUT2D eigenvalue weighted by molar-refractivity contribution is 6.36. The predicted molar refractivity (Wildman–Crippen MR) is 80.2 cm³/mol. The SMILES string of the molecule is CCC1OC(=C2C(=O)Nc3ccc(F)cc32)c2cnccc21. The van der Waals surface area contributed by atoms with Crippen LogP contribution in [0.1, 0.15) is 36.1 Å². The lowest BCUT2D eigenvalue weighted by Gasteiger charge is -2.09. The van der Waals surface area contributed by atoms with E-state index in [2.05, 4.69) is 10.3 Å². The maximum atomic E-state index is 13.6. The van der Waals surface area contributed by atoms with Crippen molar-refractivity contribution < 1.29 is 13.9 Å². The highest BCUT2D eigenvalue weighted by Gasteiger charge is 2.35. The number of hydrogen-bond acceptors (Lipinski definition) is 3. The molecule has 4 rings (SSSR count). The zero-order chi connectivity index (χ0) is 15.3. The number of rotatable bonds is 1. The number of fused-ring (bicyclic) bond motifs is 2. The number of hydrogen-bond donors (Lipinski definition) is 1. The molecule has 2 aromatic rings. The van der Waals surface area contributed by atoms with Crippen LogP contribution in [0.5, 0.6) is 0 Å². The van der Waals surface area contributed by atoms with Crippen LogP contribution in [-0.4, -0.2) is 10.9 Å². The smallest absolute Gasteiger partial charge is 0.260 e. The molecule has 22 heavy (non-hydrogen) atoms. The molecule has 0 aliphatic carbocycles. The van der Waals surface area contributed by atoms with E-state index in [0.717, 1.165) is 17.5 Å². The number of aromatic nitrogens is 1. The van der Waals surface area contributed by atoms with Crippen LogP contribution in [0.3, 0.4) is 0 Å². The van der Waals surface area contributed by atoms with Crippen LogP contribution in [0.4, 0.5) is 10.1 Å². The number of amides is 1. The van der Waals surface area contributed by atoms with Gasteiger partial charge in [0.1, 0.15) is 17.7 Å². The zero-order valence-electron chi connectivity index (χ0n) is 11.9. The molecule has 0 radical (unpaired) electrons. The lowest BCUT2D eigenvalue weighted by atomic mass is 10.00. The van der Waals surface area contributed by atoms with Crippen molar-refractivity contribution in [2.45, 2.75) is 19.4 Å². The first kappa shape index (κ1) is 13.0. The molecular weight excluding hydrogens is 283 g/mol. The Bertz CT molecular complexity index is 829. The van der Waals surface area contributed by atoms with Crippen LogP contribution in [0.25, 0.3) is 11.3 Å². The Labute approximate surface area is 126 Å². The van der Waals surface area contributed by atoms with Gasteiger partial charge in [0, 0.05) is 34.8 Å². The fourth-order valence-corrected chi connectivity index (χ4v) is 3.01. The van der Waals surface area contributed by atoms with Gasteiger partial charge >= 0.3 is 0 Å². The molecule has 3 heterocycles. The Kier molecular flexibility index (Phi) is 2.76. The van der Waals surface area contributed by atoms with E-state index in [-0.39, 0.29) is 17.8 Å². The second kappa shape index (κ2) is 4.66. The zero-order valence-corrected chi connectivity index (χ0v) is 11.9. The van der Waals surface area contributed by atoms with Crippen molar-refractivity contribution in [3.63, 3.8) is 0 Å². The van der Waals surface area contributed by atoms with E-state index >= 15 is 0 Å². The van der Waals surface area contributed by atoms with E-state index in [1.165, 1.54) is 12.1 Å². The number of anilines is 1. The normalized spacial score (nSPS) is 22.1. The Balaban J connectivity index is 1.97. The van der Waals surface area contributed by atoms with E-state index < -0.39 is 0 Å². The summed E-state index contributed by atoms with van der Waals surface area (Å²) in [4.78, 5) is 16.5. The largest absolute Gasteiger partial charge is 0.484 e. The van der Waals surface area contributed by atoms with E-state index in [4.69, 9.17) is 4.74 Å². The van der Waals surface area contributed by atoms with Crippen LogP contribution in [-0.2, 0) is 9.53 Å². The Morgan fingerprint density at radius 1 is 1.32 bits per heavy atom. The number of carbonyl (C=O) groups excluding carboxylic acids is 1. The summed E-state index contributed by atoms with van der Waals surface area (Å²) in [6.07, 6.45) is 4.08. The van der Waals surface area contributed by atoms with Gasteiger partial charge in [-0.3, -0.25) is 9.78 Å². The van der Waals surface area contributed by atoms with Gasteiger partial charge in [-0.25, -0.2) is 4.39 Å². The maximum absolute atomic E-state index is 13.6. The minimum absolute atomic E-state index is 0.106. The molecule has 2 aliphatic heterocycles. The van der Waals surface area contributed by atoms with Gasteiger partial charge in [-0.05, 0) is 30.7 Å². The fourth-order valence-electron chi connectivity index (χ4n) is 3.01. The molecule has 5 heteroatoms. The Morgan fingerprint density at radius 2 is 2.18 bits per heavy atom. The van der Waals surface area contributed by atoms with Crippen LogP contribution >= 0.6 is 0 Å². The molecule has 0 bridgehead atoms. The minimum Gasteiger partial charge on any atom is -0.484 e. The summed E-state index contributed by atoms with van der Waals surface area (Å²) in [5.74, 6) is -0.177. The minimum atomic E-state index is -0.384. The van der Waals surface area contributed by atoms with Gasteiger partial charge in [-0.2, -0.15) is 0 Å². The number of nitrogens with one attached hydrogen (secondary N) is 1. The summed E-state index contributed by atoms with van der Waals surface area (Å²) in [5.41, 5.74) is 3.32. The van der Waals surface area contributed by atoms with Gasteiger partial charge in [0.15, 0.2) is 0 Å². The molecule has 1 atom stereocenters. The van der Waals surface area contributed by atoms with Crippen LogP contribution in [0, 0.1) is 5.82 Å². The molecule has 1 aromatic heterocycles. The summed E-state index contributed by atoms with van der Waals surface area (Å²) in [7, 11) is 0. The van der Waals surface area contributed by atoms with Crippen molar-refractivity contribution in [1.82, 2.24) is 4.98 Å². The average Bonchev–Trinajstić information content (AvgIpc) is 3.04. The third kappa shape index (κ3) is 1.75. The molecule has 110 valence electrons. The number of halogens is 1. The molecule has 0 fully saturated rings. The van der Waals surface area contributed by atoms with Crippen molar-refractivity contribution in [2.24, 2.45) is 0 Å². The first-order valence-corrected chi connectivity index (χ1v) is 7.15. The van der Waals surface area contributed by atoms with Crippen molar-refractivity contribution in [2.75, 3.05) is 5.32 Å². The fraction of sp³-hybridized carbons (Fsp3) is 0.176. The second-order valence-electron chi connectivity index (χ2n) is 5.33. The van der Waals surface area contributed by atoms with E-state index in [1.807, 2.05) is 13.0 Å². The van der Waals surface area contributed by atoms with Gasteiger partial charge in [0.05, 0.1) is 5.57 Å². The topological polar surface area (TPSA) is 51.2 Å². The van der Waals surface area contributed by atoms with E-state index in [0.29, 0.717) is 22.6 Å². The maximum Gasteiger partial charge on any atom is 0.260 e. The summed E-state index contributed by atoms with van der Waals surface area (Å²) in [6, 6.07) is 6.14. The summed E-state index contributed by atoms with van der Waals surface area (Å²) in [5, 5.41) is 2.75. The van der Waals surface area contributed by atoms with Crippen molar-refractivity contribution >= 4 is 22.9 Å². The number of benzene rings is 1. The Hall–Kier alpha value is -2.69. The van der Waals surface area contributed by atoms with Gasteiger partial charge in [-0.15, -0.1) is 0 Å². The average molecular weight is 296 g/mol. The van der Waals surface area contributed by atoms with Gasteiger partial charge in [-0.1, -0.05) is 6.92 Å². The van der Waals surface area contributed by atoms with Crippen molar-refractivity contribution in [1.29, 1.82) is 0 Å². The lowest BCUT2D eigenvalue weighted by molar-refractivity contribution is -0.110. The summed E-state index contributed by atoms with van der Waals surface area (Å²) in [6.45, 7) is 2.02. The first-order valence-electron chi connectivity index (χ1n) is 7.15. The van der Waals surface area contributed by atoms with Gasteiger partial charge in [0.2, 0.25) is 0 Å². The van der Waals surface area contributed by atoms with E-state index in [1.54, 1.807) is 18.5 Å². The molecule has 1 N–H and O–H groups in total. The van der Waals surface area contributed by atoms with Gasteiger partial charge < -0.3 is 10.1 Å². The van der Waals surface area contributed by atoms with Crippen LogP contribution in [0.15, 0.2) is 36.7 Å². The summed E-state index contributed by atoms with van der Waals surface area (Å²) < 4.78 is 19.6. The number of carbonyl (C=O) groups is 1. The number of pyridine rings is 1. The molecule has 0 spiro atoms. The third-order valence-corrected chi connectivity index (χ3v) is 4.03. The lowest BCUT2D eigenvalue weighted by Crippen LogP contribution is -2.06. The van der Waals surface area contributed by atoms with Crippen LogP contribution < -0.4 is 5.32 Å². The molecular formula is C17H13FN2O2. The molecule has 0 saturated heterocycles. The van der Waals surface area contributed by atoms with Crippen molar-refractivity contribution in [3.8, 4) is 0 Å². The second-order valence-corrected chi connectivity index (χ2v) is 5.33. The van der Waals surface area contributed by atoms with Crippen molar-refractivity contribution in [3.05, 3.63) is 59.2 Å². The molecule has 1 amide bonds. The Morgan fingerprint density at radius 3 is 3.00 bits per heavy atom. The standard InChI is InChI=1S/C17H13FN2O2/c1-2-14-10-5-6-19-8-12(10)16(22-14)15-11-7-9(18)3-4-13(11)20-17(15)21/h3-8,14H,2H2,1H3,(H,20,21). The summed E-state index contributed by atoms with van der Waals surface area (Å²) >= 11 is 0. The highest BCUT2D eigenvalue weighted by Crippen LogP contribution is 2.46. The predicted octanol–water partition coefficient (Wildman–Crippen LogP) is 3.52. The highest BCUT2D eigenvalue weighted by atomic mass is 19.1.